The number of benzene rings is 2. The molecule has 0 radical (unpaired) electrons. The maximum atomic E-state index is 9.14. The summed E-state index contributed by atoms with van der Waals surface area (Å²) in [7, 11) is 0. The van der Waals surface area contributed by atoms with Crippen molar-refractivity contribution in [1.82, 2.24) is 5.48 Å². The molecule has 2 rings (SSSR count). The zero-order valence-electron chi connectivity index (χ0n) is 9.27. The molecule has 0 aliphatic heterocycles. The highest BCUT2D eigenvalue weighted by Gasteiger charge is 2.03. The van der Waals surface area contributed by atoms with E-state index in [9.17, 15) is 0 Å². The Morgan fingerprint density at radius 1 is 1.00 bits per heavy atom. The zero-order chi connectivity index (χ0) is 13.0. The average molecular weight is 281 g/mol. The summed E-state index contributed by atoms with van der Waals surface area (Å²) in [6, 6.07) is 14.0. The minimum atomic E-state index is 0.319. The van der Waals surface area contributed by atoms with Gasteiger partial charge in [-0.2, -0.15) is 0 Å². The van der Waals surface area contributed by atoms with Crippen molar-refractivity contribution in [3.05, 3.63) is 64.1 Å². The first-order valence-electron chi connectivity index (χ1n) is 5.19. The molecule has 0 saturated carbocycles. The van der Waals surface area contributed by atoms with Crippen LogP contribution in [0.25, 0.3) is 0 Å². The number of amidine groups is 1. The second-order valence-corrected chi connectivity index (χ2v) is 4.43. The summed E-state index contributed by atoms with van der Waals surface area (Å²) < 4.78 is 0. The van der Waals surface area contributed by atoms with Crippen LogP contribution in [0.3, 0.4) is 0 Å². The molecule has 2 aromatic rings. The quantitative estimate of drug-likeness (QED) is 0.495. The van der Waals surface area contributed by atoms with E-state index in [1.165, 1.54) is 0 Å². The Labute approximate surface area is 115 Å². The summed E-state index contributed by atoms with van der Waals surface area (Å²) in [5.74, 6) is 0.319. The molecule has 0 bridgehead atoms. The standard InChI is InChI=1S/C13H10Cl2N2O/c14-10-4-6-12(7-5-10)16-13(17-18)9-2-1-3-11(15)8-9/h1-8,18H,(H,16,17). The van der Waals surface area contributed by atoms with Crippen LogP contribution in [-0.4, -0.2) is 11.0 Å². The fourth-order valence-corrected chi connectivity index (χ4v) is 1.75. The van der Waals surface area contributed by atoms with Crippen LogP contribution in [0.1, 0.15) is 5.56 Å². The third kappa shape index (κ3) is 3.23. The molecular weight excluding hydrogens is 271 g/mol. The third-order valence-corrected chi connectivity index (χ3v) is 2.76. The minimum absolute atomic E-state index is 0.319. The van der Waals surface area contributed by atoms with E-state index in [4.69, 9.17) is 28.4 Å². The van der Waals surface area contributed by atoms with E-state index >= 15 is 0 Å². The Morgan fingerprint density at radius 2 is 1.72 bits per heavy atom. The predicted molar refractivity (Wildman–Crippen MR) is 74.0 cm³/mol. The number of hydroxylamine groups is 1. The molecule has 2 N–H and O–H groups in total. The number of hydrogen-bond acceptors (Lipinski definition) is 2. The first kappa shape index (κ1) is 12.9. The molecule has 3 nitrogen and oxygen atoms in total. The Hall–Kier alpha value is -1.55. The minimum Gasteiger partial charge on any atom is -0.290 e. The van der Waals surface area contributed by atoms with Gasteiger partial charge in [0.15, 0.2) is 5.84 Å². The van der Waals surface area contributed by atoms with Crippen molar-refractivity contribution in [2.45, 2.75) is 0 Å². The van der Waals surface area contributed by atoms with E-state index in [1.807, 2.05) is 0 Å². The Morgan fingerprint density at radius 3 is 2.33 bits per heavy atom. The van der Waals surface area contributed by atoms with Crippen LogP contribution in [0, 0.1) is 0 Å². The lowest BCUT2D eigenvalue weighted by molar-refractivity contribution is 0.235. The van der Waals surface area contributed by atoms with Crippen molar-refractivity contribution in [3.8, 4) is 0 Å². The van der Waals surface area contributed by atoms with E-state index in [-0.39, 0.29) is 0 Å². The molecule has 92 valence electrons. The number of hydrogen-bond donors (Lipinski definition) is 2. The summed E-state index contributed by atoms with van der Waals surface area (Å²) in [5, 5.41) is 10.3. The van der Waals surface area contributed by atoms with E-state index in [0.717, 1.165) is 0 Å². The summed E-state index contributed by atoms with van der Waals surface area (Å²) in [4.78, 5) is 4.27. The largest absolute Gasteiger partial charge is 0.290 e. The lowest BCUT2D eigenvalue weighted by atomic mass is 10.2. The van der Waals surface area contributed by atoms with Gasteiger partial charge in [0, 0.05) is 15.6 Å². The molecule has 2 aromatic carbocycles. The summed E-state index contributed by atoms with van der Waals surface area (Å²) in [6.45, 7) is 0. The highest BCUT2D eigenvalue weighted by molar-refractivity contribution is 6.31. The number of nitrogens with zero attached hydrogens (tertiary/aromatic N) is 1. The fourth-order valence-electron chi connectivity index (χ4n) is 1.43. The van der Waals surface area contributed by atoms with Gasteiger partial charge in [0.05, 0.1) is 5.69 Å². The summed E-state index contributed by atoms with van der Waals surface area (Å²) >= 11 is 11.7. The number of nitrogens with one attached hydrogen (secondary N) is 1. The second kappa shape index (κ2) is 5.87. The lowest BCUT2D eigenvalue weighted by Crippen LogP contribution is -2.19. The molecule has 0 heterocycles. The van der Waals surface area contributed by atoms with Gasteiger partial charge in [-0.15, -0.1) is 0 Å². The molecule has 0 aliphatic carbocycles. The molecule has 0 atom stereocenters. The monoisotopic (exact) mass is 280 g/mol. The van der Waals surface area contributed by atoms with Crippen LogP contribution >= 0.6 is 23.2 Å². The van der Waals surface area contributed by atoms with E-state index < -0.39 is 0 Å². The van der Waals surface area contributed by atoms with Crippen molar-refractivity contribution in [2.24, 2.45) is 4.99 Å². The zero-order valence-corrected chi connectivity index (χ0v) is 10.8. The Bertz CT molecular complexity index is 567. The first-order valence-corrected chi connectivity index (χ1v) is 5.95. The number of rotatable bonds is 2. The van der Waals surface area contributed by atoms with Gasteiger partial charge in [-0.1, -0.05) is 35.3 Å². The van der Waals surface area contributed by atoms with Crippen LogP contribution in [-0.2, 0) is 0 Å². The molecule has 0 spiro atoms. The average Bonchev–Trinajstić information content (AvgIpc) is 2.38. The summed E-state index contributed by atoms with van der Waals surface area (Å²) in [5.41, 5.74) is 3.44. The van der Waals surface area contributed by atoms with Crippen LogP contribution in [0.4, 0.5) is 5.69 Å². The van der Waals surface area contributed by atoms with E-state index in [1.54, 1.807) is 48.5 Å². The smallest absolute Gasteiger partial charge is 0.157 e. The van der Waals surface area contributed by atoms with Crippen molar-refractivity contribution in [1.29, 1.82) is 0 Å². The molecule has 18 heavy (non-hydrogen) atoms. The van der Waals surface area contributed by atoms with Gasteiger partial charge in [0.1, 0.15) is 0 Å². The van der Waals surface area contributed by atoms with Crippen molar-refractivity contribution in [3.63, 3.8) is 0 Å². The van der Waals surface area contributed by atoms with Gasteiger partial charge < -0.3 is 0 Å². The first-order chi connectivity index (χ1) is 8.69. The van der Waals surface area contributed by atoms with Gasteiger partial charge in [-0.05, 0) is 36.4 Å². The number of aliphatic imine (C=N–C) groups is 1. The Kier molecular flexibility index (Phi) is 4.20. The van der Waals surface area contributed by atoms with Gasteiger partial charge in [-0.3, -0.25) is 10.7 Å². The van der Waals surface area contributed by atoms with E-state index in [0.29, 0.717) is 27.1 Å². The molecule has 0 aliphatic rings. The maximum Gasteiger partial charge on any atom is 0.157 e. The van der Waals surface area contributed by atoms with Gasteiger partial charge in [0.2, 0.25) is 0 Å². The molecule has 0 saturated heterocycles. The number of halogens is 2. The van der Waals surface area contributed by atoms with Gasteiger partial charge in [-0.25, -0.2) is 4.99 Å². The highest BCUT2D eigenvalue weighted by atomic mass is 35.5. The van der Waals surface area contributed by atoms with Crippen molar-refractivity contribution < 1.29 is 5.21 Å². The molecule has 0 amide bonds. The molecule has 0 aromatic heterocycles. The molecule has 0 unspecified atom stereocenters. The Balaban J connectivity index is 2.36. The van der Waals surface area contributed by atoms with Crippen LogP contribution in [0.15, 0.2) is 53.5 Å². The van der Waals surface area contributed by atoms with Crippen molar-refractivity contribution in [2.75, 3.05) is 0 Å². The molecule has 5 heteroatoms. The summed E-state index contributed by atoms with van der Waals surface area (Å²) in [6.07, 6.45) is 0. The molecule has 0 fully saturated rings. The highest BCUT2D eigenvalue weighted by Crippen LogP contribution is 2.18. The van der Waals surface area contributed by atoms with Crippen LogP contribution in [0.5, 0.6) is 0 Å². The topological polar surface area (TPSA) is 44.6 Å². The SMILES string of the molecule is ONC(=Nc1ccc(Cl)cc1)c1cccc(Cl)c1. The van der Waals surface area contributed by atoms with Gasteiger partial charge >= 0.3 is 0 Å². The second-order valence-electron chi connectivity index (χ2n) is 3.56. The predicted octanol–water partition coefficient (Wildman–Crippen LogP) is 4.05. The van der Waals surface area contributed by atoms with E-state index in [2.05, 4.69) is 10.5 Å². The van der Waals surface area contributed by atoms with Gasteiger partial charge in [0.25, 0.3) is 0 Å². The molecular formula is C13H10Cl2N2O. The lowest BCUT2D eigenvalue weighted by Gasteiger charge is -2.05. The maximum absolute atomic E-state index is 9.14. The fraction of sp³-hybridized carbons (Fsp3) is 0. The van der Waals surface area contributed by atoms with Crippen LogP contribution < -0.4 is 5.48 Å². The normalized spacial score (nSPS) is 11.4. The van der Waals surface area contributed by atoms with Crippen LogP contribution in [0.2, 0.25) is 10.0 Å². The van der Waals surface area contributed by atoms with Crippen molar-refractivity contribution >= 4 is 34.7 Å². The third-order valence-electron chi connectivity index (χ3n) is 2.27.